The number of benzene rings is 3. The van der Waals surface area contributed by atoms with Crippen molar-refractivity contribution in [2.75, 3.05) is 29.8 Å². The number of nitrogens with one attached hydrogen (secondary N) is 1. The molecule has 1 heterocycles. The molecule has 0 radical (unpaired) electrons. The third-order valence-electron chi connectivity index (χ3n) is 8.10. The first kappa shape index (κ1) is 32.9. The molecular weight excluding hydrogens is 637 g/mol. The fraction of sp³-hybridized carbons (Fsp3) is 0.394. The summed E-state index contributed by atoms with van der Waals surface area (Å²) in [5, 5.41) is 3.83. The van der Waals surface area contributed by atoms with E-state index in [1.165, 1.54) is 11.8 Å². The minimum absolute atomic E-state index is 0.00641. The van der Waals surface area contributed by atoms with E-state index < -0.39 is 28.5 Å². The number of amides is 2. The molecule has 1 saturated carbocycles. The van der Waals surface area contributed by atoms with Crippen molar-refractivity contribution in [3.63, 3.8) is 0 Å². The van der Waals surface area contributed by atoms with Crippen molar-refractivity contribution < 1.29 is 27.5 Å². The molecule has 1 aliphatic carbocycles. The maximum absolute atomic E-state index is 14.4. The number of rotatable bonds is 12. The van der Waals surface area contributed by atoms with E-state index in [9.17, 15) is 18.0 Å². The van der Waals surface area contributed by atoms with E-state index in [2.05, 4.69) is 5.32 Å². The molecule has 2 aliphatic rings. The van der Waals surface area contributed by atoms with Crippen LogP contribution in [-0.2, 0) is 32.6 Å². The zero-order valence-electron chi connectivity index (χ0n) is 25.1. The van der Waals surface area contributed by atoms with Crippen LogP contribution in [0.1, 0.15) is 43.7 Å². The number of carbonyl (C=O) groups is 2. The van der Waals surface area contributed by atoms with Crippen molar-refractivity contribution in [2.45, 2.75) is 57.7 Å². The summed E-state index contributed by atoms with van der Waals surface area (Å²) in [5.41, 5.74) is 1.77. The van der Waals surface area contributed by atoms with Gasteiger partial charge in [0, 0.05) is 25.1 Å². The molecule has 9 nitrogen and oxygen atoms in total. The Morgan fingerprint density at radius 2 is 1.62 bits per heavy atom. The van der Waals surface area contributed by atoms with E-state index in [1.807, 2.05) is 30.3 Å². The van der Waals surface area contributed by atoms with Gasteiger partial charge >= 0.3 is 0 Å². The van der Waals surface area contributed by atoms with Gasteiger partial charge in [-0.15, -0.1) is 0 Å². The standard InChI is InChI=1S/C33H37Cl2N3O6S/c1-2-45(41,42)38(26-13-15-30-31(20-26)44-17-16-43-30)22-32(39)37(21-24-12-14-27(34)28(35)18-24)29(19-23-8-4-3-5-9-23)33(40)36-25-10-6-7-11-25/h3-5,8-9,12-15,18,20,25,29H,2,6-7,10-11,16-17,19,21-22H2,1H3,(H,36,40). The highest BCUT2D eigenvalue weighted by Gasteiger charge is 2.35. The SMILES string of the molecule is CCS(=O)(=O)N(CC(=O)N(Cc1ccc(Cl)c(Cl)c1)C(Cc1ccccc1)C(=O)NC1CCCC1)c1ccc2c(c1)OCCO2. The molecule has 3 aromatic rings. The minimum atomic E-state index is -3.93. The normalized spacial score (nSPS) is 15.4. The molecule has 0 spiro atoms. The van der Waals surface area contributed by atoms with Crippen molar-refractivity contribution in [1.29, 1.82) is 0 Å². The Hall–Kier alpha value is -3.47. The highest BCUT2D eigenvalue weighted by molar-refractivity contribution is 7.92. The zero-order chi connectivity index (χ0) is 32.0. The molecule has 0 bridgehead atoms. The van der Waals surface area contributed by atoms with E-state index in [0.29, 0.717) is 40.3 Å². The third-order valence-corrected chi connectivity index (χ3v) is 10.6. The Kier molecular flexibility index (Phi) is 10.8. The molecule has 3 aromatic carbocycles. The fourth-order valence-electron chi connectivity index (χ4n) is 5.66. The van der Waals surface area contributed by atoms with Crippen LogP contribution in [0.3, 0.4) is 0 Å². The maximum Gasteiger partial charge on any atom is 0.244 e. The summed E-state index contributed by atoms with van der Waals surface area (Å²) < 4.78 is 39.3. The molecule has 1 aliphatic heterocycles. The zero-order valence-corrected chi connectivity index (χ0v) is 27.4. The molecule has 2 amide bonds. The quantitative estimate of drug-likeness (QED) is 0.268. The summed E-state index contributed by atoms with van der Waals surface area (Å²) in [7, 11) is -3.93. The average Bonchev–Trinajstić information content (AvgIpc) is 3.56. The Bertz CT molecular complexity index is 1620. The van der Waals surface area contributed by atoms with Crippen LogP contribution in [0.15, 0.2) is 66.7 Å². The van der Waals surface area contributed by atoms with Gasteiger partial charge in [0.2, 0.25) is 21.8 Å². The molecule has 0 saturated heterocycles. The maximum atomic E-state index is 14.4. The molecule has 1 unspecified atom stereocenters. The minimum Gasteiger partial charge on any atom is -0.486 e. The van der Waals surface area contributed by atoms with Gasteiger partial charge in [0.25, 0.3) is 0 Å². The first-order valence-corrected chi connectivity index (χ1v) is 17.5. The lowest BCUT2D eigenvalue weighted by atomic mass is 10.0. The predicted molar refractivity (Wildman–Crippen MR) is 176 cm³/mol. The van der Waals surface area contributed by atoms with E-state index >= 15 is 0 Å². The largest absolute Gasteiger partial charge is 0.486 e. The lowest BCUT2D eigenvalue weighted by Gasteiger charge is -2.34. The van der Waals surface area contributed by atoms with Crippen LogP contribution in [-0.4, -0.2) is 62.7 Å². The van der Waals surface area contributed by atoms with Crippen LogP contribution in [0.4, 0.5) is 5.69 Å². The summed E-state index contributed by atoms with van der Waals surface area (Å²) in [5.74, 6) is -0.179. The summed E-state index contributed by atoms with van der Waals surface area (Å²) in [6.07, 6.45) is 4.03. The molecular formula is C33H37Cl2N3O6S. The van der Waals surface area contributed by atoms with Gasteiger partial charge in [-0.2, -0.15) is 0 Å². The lowest BCUT2D eigenvalue weighted by molar-refractivity contribution is -0.140. The molecule has 1 fully saturated rings. The van der Waals surface area contributed by atoms with Gasteiger partial charge in [-0.3, -0.25) is 13.9 Å². The van der Waals surface area contributed by atoms with Gasteiger partial charge in [-0.25, -0.2) is 8.42 Å². The second kappa shape index (κ2) is 14.7. The van der Waals surface area contributed by atoms with Gasteiger partial charge < -0.3 is 19.7 Å². The topological polar surface area (TPSA) is 105 Å². The van der Waals surface area contributed by atoms with Gasteiger partial charge in [0.05, 0.1) is 21.5 Å². The highest BCUT2D eigenvalue weighted by Crippen LogP contribution is 2.35. The summed E-state index contributed by atoms with van der Waals surface area (Å²) >= 11 is 12.5. The fourth-order valence-corrected chi connectivity index (χ4v) is 7.04. The first-order valence-electron chi connectivity index (χ1n) is 15.1. The van der Waals surface area contributed by atoms with Crippen molar-refractivity contribution in [3.05, 3.63) is 87.9 Å². The van der Waals surface area contributed by atoms with Crippen molar-refractivity contribution >= 4 is 50.7 Å². The van der Waals surface area contributed by atoms with Crippen molar-refractivity contribution in [3.8, 4) is 11.5 Å². The second-order valence-electron chi connectivity index (χ2n) is 11.2. The number of hydrogen-bond donors (Lipinski definition) is 1. The number of anilines is 1. The number of ether oxygens (including phenoxy) is 2. The number of fused-ring (bicyclic) bond motifs is 1. The van der Waals surface area contributed by atoms with Gasteiger partial charge in [-0.1, -0.05) is 72.4 Å². The monoisotopic (exact) mass is 673 g/mol. The summed E-state index contributed by atoms with van der Waals surface area (Å²) in [6, 6.07) is 18.4. The number of sulfonamides is 1. The van der Waals surface area contributed by atoms with E-state index in [4.69, 9.17) is 32.7 Å². The predicted octanol–water partition coefficient (Wildman–Crippen LogP) is 5.62. The first-order chi connectivity index (χ1) is 21.6. The molecule has 45 heavy (non-hydrogen) atoms. The van der Waals surface area contributed by atoms with Crippen LogP contribution in [0.2, 0.25) is 10.0 Å². The van der Waals surface area contributed by atoms with Crippen LogP contribution in [0.25, 0.3) is 0 Å². The van der Waals surface area contributed by atoms with E-state index in [0.717, 1.165) is 35.6 Å². The van der Waals surface area contributed by atoms with Crippen LogP contribution in [0, 0.1) is 0 Å². The lowest BCUT2D eigenvalue weighted by Crippen LogP contribution is -2.54. The highest BCUT2D eigenvalue weighted by atomic mass is 35.5. The number of carbonyl (C=O) groups excluding carboxylic acids is 2. The van der Waals surface area contributed by atoms with Crippen LogP contribution in [0.5, 0.6) is 11.5 Å². The summed E-state index contributed by atoms with van der Waals surface area (Å²) in [6.45, 7) is 1.71. The number of hydrogen-bond acceptors (Lipinski definition) is 6. The molecule has 1 atom stereocenters. The average molecular weight is 675 g/mol. The Balaban J connectivity index is 1.53. The number of halogens is 2. The van der Waals surface area contributed by atoms with E-state index in [1.54, 1.807) is 36.4 Å². The van der Waals surface area contributed by atoms with Crippen LogP contribution < -0.4 is 19.1 Å². The van der Waals surface area contributed by atoms with Gasteiger partial charge in [0.15, 0.2) is 11.5 Å². The number of nitrogens with zero attached hydrogens (tertiary/aromatic N) is 2. The smallest absolute Gasteiger partial charge is 0.244 e. The molecule has 5 rings (SSSR count). The Morgan fingerprint density at radius 3 is 2.31 bits per heavy atom. The van der Waals surface area contributed by atoms with E-state index in [-0.39, 0.29) is 36.4 Å². The second-order valence-corrected chi connectivity index (χ2v) is 14.2. The van der Waals surface area contributed by atoms with Crippen molar-refractivity contribution in [2.24, 2.45) is 0 Å². The Labute approximate surface area is 274 Å². The van der Waals surface area contributed by atoms with Gasteiger partial charge in [0.1, 0.15) is 25.8 Å². The third kappa shape index (κ3) is 8.23. The Morgan fingerprint density at radius 1 is 0.911 bits per heavy atom. The van der Waals surface area contributed by atoms with Crippen LogP contribution >= 0.6 is 23.2 Å². The van der Waals surface area contributed by atoms with Crippen molar-refractivity contribution in [1.82, 2.24) is 10.2 Å². The molecule has 240 valence electrons. The molecule has 1 N–H and O–H groups in total. The summed E-state index contributed by atoms with van der Waals surface area (Å²) in [4.78, 5) is 29.9. The molecule has 12 heteroatoms. The molecule has 0 aromatic heterocycles. The van der Waals surface area contributed by atoms with Gasteiger partial charge in [-0.05, 0) is 55.2 Å².